The topological polar surface area (TPSA) is 45.2 Å². The summed E-state index contributed by atoms with van der Waals surface area (Å²) in [5, 5.41) is 12.3. The third-order valence-corrected chi connectivity index (χ3v) is 6.00. The molecule has 2 aliphatic heterocycles. The second kappa shape index (κ2) is 8.57. The maximum atomic E-state index is 9.86. The third-order valence-electron chi connectivity index (χ3n) is 6.00. The van der Waals surface area contributed by atoms with E-state index in [0.29, 0.717) is 11.8 Å². The van der Waals surface area contributed by atoms with Crippen molar-refractivity contribution in [3.63, 3.8) is 0 Å². The van der Waals surface area contributed by atoms with Gasteiger partial charge in [0.1, 0.15) is 5.75 Å². The predicted octanol–water partition coefficient (Wildman–Crippen LogP) is 2.22. The first-order chi connectivity index (χ1) is 13.2. The number of ether oxygens (including phenoxy) is 2. The van der Waals surface area contributed by atoms with Crippen LogP contribution in [0.2, 0.25) is 0 Å². The fraction of sp³-hybridized carbons (Fsp3) is 0.545. The molecule has 2 atom stereocenters. The molecule has 2 aromatic carbocycles. The number of likely N-dealkylation sites (tertiary alicyclic amines) is 1. The average molecular weight is 370 g/mol. The Morgan fingerprint density at radius 1 is 1.00 bits per heavy atom. The number of methoxy groups -OCH3 is 1. The van der Waals surface area contributed by atoms with Crippen LogP contribution in [-0.2, 0) is 11.3 Å². The molecule has 27 heavy (non-hydrogen) atoms. The lowest BCUT2D eigenvalue weighted by Gasteiger charge is -2.30. The fourth-order valence-electron chi connectivity index (χ4n) is 4.45. The van der Waals surface area contributed by atoms with Gasteiger partial charge < -0.3 is 14.6 Å². The molecule has 2 fully saturated rings. The molecule has 1 N–H and O–H groups in total. The highest BCUT2D eigenvalue weighted by molar-refractivity contribution is 5.84. The van der Waals surface area contributed by atoms with E-state index in [2.05, 4.69) is 40.1 Å². The van der Waals surface area contributed by atoms with Gasteiger partial charge in [-0.05, 0) is 46.4 Å². The number of hydrogen-bond acceptors (Lipinski definition) is 5. The molecule has 0 saturated carbocycles. The zero-order valence-electron chi connectivity index (χ0n) is 16.1. The smallest absolute Gasteiger partial charge is 0.119 e. The van der Waals surface area contributed by atoms with Crippen molar-refractivity contribution in [1.82, 2.24) is 9.80 Å². The van der Waals surface area contributed by atoms with Gasteiger partial charge in [0.2, 0.25) is 0 Å². The Hall–Kier alpha value is -1.66. The van der Waals surface area contributed by atoms with Crippen molar-refractivity contribution < 1.29 is 14.6 Å². The molecule has 2 saturated heterocycles. The van der Waals surface area contributed by atoms with Crippen LogP contribution in [0.4, 0.5) is 0 Å². The number of rotatable bonds is 6. The minimum atomic E-state index is 0.281. The molecule has 0 aromatic heterocycles. The van der Waals surface area contributed by atoms with Crippen LogP contribution in [0.25, 0.3) is 10.8 Å². The second-order valence-electron chi connectivity index (χ2n) is 7.86. The van der Waals surface area contributed by atoms with Gasteiger partial charge in [-0.2, -0.15) is 0 Å². The summed E-state index contributed by atoms with van der Waals surface area (Å²) in [5.41, 5.74) is 1.33. The number of fused-ring (bicyclic) bond motifs is 1. The van der Waals surface area contributed by atoms with Crippen LogP contribution in [-0.4, -0.2) is 74.6 Å². The van der Waals surface area contributed by atoms with Gasteiger partial charge in [-0.15, -0.1) is 0 Å². The molecule has 5 heteroatoms. The van der Waals surface area contributed by atoms with Crippen molar-refractivity contribution in [2.75, 3.05) is 59.7 Å². The second-order valence-corrected chi connectivity index (χ2v) is 7.86. The van der Waals surface area contributed by atoms with Crippen LogP contribution in [0.1, 0.15) is 5.56 Å². The molecule has 0 bridgehead atoms. The highest BCUT2D eigenvalue weighted by Gasteiger charge is 2.33. The van der Waals surface area contributed by atoms with Gasteiger partial charge in [0.05, 0.1) is 20.3 Å². The lowest BCUT2D eigenvalue weighted by Crippen LogP contribution is -2.41. The van der Waals surface area contributed by atoms with Gasteiger partial charge in [0.25, 0.3) is 0 Å². The van der Waals surface area contributed by atoms with Crippen LogP contribution >= 0.6 is 0 Å². The van der Waals surface area contributed by atoms with E-state index in [1.165, 1.54) is 16.3 Å². The molecule has 146 valence electrons. The molecule has 0 radical (unpaired) electrons. The lowest BCUT2D eigenvalue weighted by atomic mass is 9.96. The van der Waals surface area contributed by atoms with E-state index in [1.807, 2.05) is 6.07 Å². The Kier molecular flexibility index (Phi) is 5.93. The number of aliphatic hydroxyl groups excluding tert-OH is 1. The molecule has 0 unspecified atom stereocenters. The van der Waals surface area contributed by atoms with Gasteiger partial charge >= 0.3 is 0 Å². The maximum Gasteiger partial charge on any atom is 0.119 e. The van der Waals surface area contributed by atoms with Crippen LogP contribution < -0.4 is 4.74 Å². The van der Waals surface area contributed by atoms with Gasteiger partial charge in [0, 0.05) is 45.9 Å². The average Bonchev–Trinajstić information content (AvgIpc) is 3.09. The summed E-state index contributed by atoms with van der Waals surface area (Å²) in [4.78, 5) is 4.99. The van der Waals surface area contributed by atoms with Crippen molar-refractivity contribution in [3.05, 3.63) is 42.0 Å². The van der Waals surface area contributed by atoms with Gasteiger partial charge in [-0.3, -0.25) is 9.80 Å². The molecule has 0 aliphatic carbocycles. The highest BCUT2D eigenvalue weighted by Crippen LogP contribution is 2.27. The number of nitrogens with zero attached hydrogens (tertiary/aromatic N) is 2. The van der Waals surface area contributed by atoms with Gasteiger partial charge in [-0.25, -0.2) is 0 Å². The van der Waals surface area contributed by atoms with Crippen LogP contribution in [0.15, 0.2) is 36.4 Å². The molecule has 5 nitrogen and oxygen atoms in total. The van der Waals surface area contributed by atoms with Crippen LogP contribution in [0.5, 0.6) is 5.75 Å². The maximum absolute atomic E-state index is 9.86. The van der Waals surface area contributed by atoms with Gasteiger partial charge in [-0.1, -0.05) is 18.2 Å². The molecule has 2 heterocycles. The molecular formula is C22H30N2O3. The van der Waals surface area contributed by atoms with Crippen LogP contribution in [0.3, 0.4) is 0 Å². The Labute approximate surface area is 161 Å². The van der Waals surface area contributed by atoms with E-state index in [1.54, 1.807) is 7.11 Å². The van der Waals surface area contributed by atoms with E-state index in [-0.39, 0.29) is 6.61 Å². The summed E-state index contributed by atoms with van der Waals surface area (Å²) in [6, 6.07) is 12.9. The molecular weight excluding hydrogens is 340 g/mol. The number of hydrogen-bond donors (Lipinski definition) is 1. The largest absolute Gasteiger partial charge is 0.497 e. The first-order valence-corrected chi connectivity index (χ1v) is 9.95. The molecule has 0 spiro atoms. The number of benzene rings is 2. The molecule has 0 amide bonds. The Morgan fingerprint density at radius 3 is 2.52 bits per heavy atom. The standard InChI is InChI=1S/C22H30N2O3/c1-26-22-5-4-18-10-17(2-3-19(18)11-22)12-24-14-20(21(15-24)16-25)13-23-6-8-27-9-7-23/h2-5,10-11,20-21,25H,6-9,12-16H2,1H3/t20-,21-/m0/s1. The summed E-state index contributed by atoms with van der Waals surface area (Å²) in [6.45, 7) is 8.04. The van der Waals surface area contributed by atoms with Crippen molar-refractivity contribution >= 4 is 10.8 Å². The quantitative estimate of drug-likeness (QED) is 0.845. The Balaban J connectivity index is 1.40. The summed E-state index contributed by atoms with van der Waals surface area (Å²) in [6.07, 6.45) is 0. The molecule has 2 aromatic rings. The monoisotopic (exact) mass is 370 g/mol. The SMILES string of the molecule is COc1ccc2cc(CN3C[C@@H](CO)[C@@H](CN4CCOCC4)C3)ccc2c1. The zero-order valence-corrected chi connectivity index (χ0v) is 16.1. The number of aliphatic hydroxyl groups is 1. The summed E-state index contributed by atoms with van der Waals surface area (Å²) in [5.74, 6) is 1.81. The lowest BCUT2D eigenvalue weighted by molar-refractivity contribution is 0.0264. The summed E-state index contributed by atoms with van der Waals surface area (Å²) < 4.78 is 10.8. The summed E-state index contributed by atoms with van der Waals surface area (Å²) in [7, 11) is 1.70. The van der Waals surface area contributed by atoms with E-state index in [4.69, 9.17) is 9.47 Å². The predicted molar refractivity (Wildman–Crippen MR) is 107 cm³/mol. The van der Waals surface area contributed by atoms with E-state index < -0.39 is 0 Å². The number of morpholine rings is 1. The van der Waals surface area contributed by atoms with Gasteiger partial charge in [0.15, 0.2) is 0 Å². The van der Waals surface area contributed by atoms with Crippen molar-refractivity contribution in [3.8, 4) is 5.75 Å². The van der Waals surface area contributed by atoms with E-state index in [0.717, 1.165) is 58.2 Å². The Bertz CT molecular complexity index is 760. The van der Waals surface area contributed by atoms with E-state index >= 15 is 0 Å². The first kappa shape index (κ1) is 18.7. The highest BCUT2D eigenvalue weighted by atomic mass is 16.5. The normalized spacial score (nSPS) is 24.5. The van der Waals surface area contributed by atoms with E-state index in [9.17, 15) is 5.11 Å². The molecule has 2 aliphatic rings. The third kappa shape index (κ3) is 4.43. The minimum Gasteiger partial charge on any atom is -0.497 e. The van der Waals surface area contributed by atoms with Crippen LogP contribution in [0, 0.1) is 11.8 Å². The summed E-state index contributed by atoms with van der Waals surface area (Å²) >= 11 is 0. The molecule has 4 rings (SSSR count). The minimum absolute atomic E-state index is 0.281. The van der Waals surface area contributed by atoms with Crippen molar-refractivity contribution in [1.29, 1.82) is 0 Å². The Morgan fingerprint density at radius 2 is 1.74 bits per heavy atom. The van der Waals surface area contributed by atoms with Crippen molar-refractivity contribution in [2.24, 2.45) is 11.8 Å². The fourth-order valence-corrected chi connectivity index (χ4v) is 4.45. The van der Waals surface area contributed by atoms with Crippen molar-refractivity contribution in [2.45, 2.75) is 6.54 Å². The zero-order chi connectivity index (χ0) is 18.6. The first-order valence-electron chi connectivity index (χ1n) is 9.95.